The van der Waals surface area contributed by atoms with E-state index in [4.69, 9.17) is 21.1 Å². The van der Waals surface area contributed by atoms with Gasteiger partial charge in [0.05, 0.1) is 35.1 Å². The number of halogens is 2. The molecule has 1 aliphatic heterocycles. The molecule has 36 heavy (non-hydrogen) atoms. The summed E-state index contributed by atoms with van der Waals surface area (Å²) in [5, 5.41) is 16.6. The number of nitrogens with one attached hydrogen (secondary N) is 1. The van der Waals surface area contributed by atoms with Crippen LogP contribution in [0.3, 0.4) is 0 Å². The molecule has 1 N–H and O–H groups in total. The number of benzene rings is 1. The van der Waals surface area contributed by atoms with Crippen molar-refractivity contribution in [2.75, 3.05) is 26.3 Å². The molecule has 0 amide bonds. The van der Waals surface area contributed by atoms with Gasteiger partial charge in [-0.1, -0.05) is 11.6 Å². The maximum atomic E-state index is 15.2. The Morgan fingerprint density at radius 2 is 2.06 bits per heavy atom. The second-order valence-electron chi connectivity index (χ2n) is 8.72. The lowest BCUT2D eigenvalue weighted by Gasteiger charge is -2.25. The average molecular weight is 509 g/mol. The first-order valence-corrected chi connectivity index (χ1v) is 12.1. The Labute approximate surface area is 213 Å². The highest BCUT2D eigenvalue weighted by Crippen LogP contribution is 2.32. The number of ether oxygens (including phenoxy) is 2. The van der Waals surface area contributed by atoms with Crippen LogP contribution in [0, 0.1) is 6.92 Å². The van der Waals surface area contributed by atoms with Gasteiger partial charge < -0.3 is 9.47 Å². The van der Waals surface area contributed by atoms with Crippen LogP contribution in [-0.4, -0.2) is 56.6 Å². The van der Waals surface area contributed by atoms with Crippen molar-refractivity contribution in [3.05, 3.63) is 76.0 Å². The highest BCUT2D eigenvalue weighted by atomic mass is 35.5. The topological polar surface area (TPSA) is 89.0 Å². The molecule has 1 fully saturated rings. The van der Waals surface area contributed by atoms with E-state index < -0.39 is 5.83 Å². The molecule has 10 heteroatoms. The zero-order valence-corrected chi connectivity index (χ0v) is 20.8. The first-order valence-electron chi connectivity index (χ1n) is 11.7. The first-order chi connectivity index (χ1) is 17.5. The lowest BCUT2D eigenvalue weighted by Crippen LogP contribution is -2.35. The molecular formula is C26H26ClFN6O2. The number of nitrogens with zero attached hydrogens (tertiary/aromatic N) is 5. The van der Waals surface area contributed by atoms with Crippen LogP contribution in [0.15, 0.2) is 42.7 Å². The van der Waals surface area contributed by atoms with Gasteiger partial charge in [0, 0.05) is 49.1 Å². The maximum Gasteiger partial charge on any atom is 0.153 e. The van der Waals surface area contributed by atoms with Gasteiger partial charge in [-0.15, -0.1) is 0 Å². The molecule has 5 rings (SSSR count). The summed E-state index contributed by atoms with van der Waals surface area (Å²) in [7, 11) is 0. The number of aryl methyl sites for hydroxylation is 1. The zero-order chi connectivity index (χ0) is 25.1. The van der Waals surface area contributed by atoms with E-state index in [1.54, 1.807) is 24.5 Å². The van der Waals surface area contributed by atoms with Gasteiger partial charge in [0.1, 0.15) is 17.5 Å². The second kappa shape index (κ2) is 10.7. The largest absolute Gasteiger partial charge is 0.486 e. The number of H-pyrrole nitrogens is 1. The van der Waals surface area contributed by atoms with Gasteiger partial charge in [-0.2, -0.15) is 15.3 Å². The summed E-state index contributed by atoms with van der Waals surface area (Å²) in [4.78, 5) is 6.35. The molecule has 0 saturated carbocycles. The number of morpholine rings is 1. The summed E-state index contributed by atoms with van der Waals surface area (Å²) in [5.41, 5.74) is 3.92. The highest BCUT2D eigenvalue weighted by molar-refractivity contribution is 6.31. The van der Waals surface area contributed by atoms with Gasteiger partial charge in [-0.05, 0) is 49.7 Å². The Bertz CT molecular complexity index is 1360. The van der Waals surface area contributed by atoms with E-state index in [1.807, 2.05) is 32.0 Å². The summed E-state index contributed by atoms with van der Waals surface area (Å²) >= 11 is 6.34. The van der Waals surface area contributed by atoms with Gasteiger partial charge in [-0.3, -0.25) is 15.0 Å². The van der Waals surface area contributed by atoms with Crippen molar-refractivity contribution >= 4 is 34.4 Å². The normalized spacial score (nSPS) is 15.8. The quantitative estimate of drug-likeness (QED) is 0.369. The van der Waals surface area contributed by atoms with E-state index in [2.05, 4.69) is 30.3 Å². The number of aromatic nitrogens is 5. The van der Waals surface area contributed by atoms with Crippen LogP contribution in [-0.2, 0) is 11.3 Å². The van der Waals surface area contributed by atoms with E-state index in [9.17, 15) is 0 Å². The zero-order valence-electron chi connectivity index (χ0n) is 20.0. The molecule has 1 unspecified atom stereocenters. The second-order valence-corrected chi connectivity index (χ2v) is 9.13. The van der Waals surface area contributed by atoms with Crippen molar-refractivity contribution in [1.29, 1.82) is 0 Å². The molecule has 4 aromatic rings. The molecular weight excluding hydrogens is 483 g/mol. The predicted molar refractivity (Wildman–Crippen MR) is 136 cm³/mol. The van der Waals surface area contributed by atoms with Crippen LogP contribution in [0.2, 0.25) is 5.02 Å². The minimum absolute atomic E-state index is 0.181. The molecule has 1 saturated heterocycles. The molecule has 0 bridgehead atoms. The monoisotopic (exact) mass is 508 g/mol. The number of hydrogen-bond acceptors (Lipinski definition) is 7. The fourth-order valence-electron chi connectivity index (χ4n) is 4.29. The van der Waals surface area contributed by atoms with Gasteiger partial charge in [0.2, 0.25) is 0 Å². The molecule has 0 radical (unpaired) electrons. The fraction of sp³-hybridized carbons (Fsp3) is 0.308. The SMILES string of the molecule is Cc1cncc(Cl)c1C(C)Oc1ccc2[nH]nc(/C(F)=C/c3ccc(CN4CCOCC4)nn3)c2c1. The van der Waals surface area contributed by atoms with Crippen LogP contribution in [0.5, 0.6) is 5.75 Å². The van der Waals surface area contributed by atoms with E-state index in [-0.39, 0.29) is 11.8 Å². The third-order valence-electron chi connectivity index (χ3n) is 6.12. The Hall–Kier alpha value is -3.40. The van der Waals surface area contributed by atoms with Crippen LogP contribution in [0.25, 0.3) is 22.8 Å². The predicted octanol–water partition coefficient (Wildman–Crippen LogP) is 5.15. The summed E-state index contributed by atoms with van der Waals surface area (Å²) in [6, 6.07) is 9.01. The van der Waals surface area contributed by atoms with E-state index >= 15 is 4.39 Å². The van der Waals surface area contributed by atoms with Crippen LogP contribution >= 0.6 is 11.6 Å². The molecule has 0 spiro atoms. The third-order valence-corrected chi connectivity index (χ3v) is 6.42. The number of rotatable bonds is 7. The van der Waals surface area contributed by atoms with E-state index in [0.29, 0.717) is 33.9 Å². The van der Waals surface area contributed by atoms with Crippen LogP contribution in [0.4, 0.5) is 4.39 Å². The van der Waals surface area contributed by atoms with Crippen molar-refractivity contribution < 1.29 is 13.9 Å². The lowest BCUT2D eigenvalue weighted by atomic mass is 10.1. The molecule has 1 atom stereocenters. The summed E-state index contributed by atoms with van der Waals surface area (Å²) in [6.45, 7) is 7.71. The molecule has 8 nitrogen and oxygen atoms in total. The number of fused-ring (bicyclic) bond motifs is 1. The molecule has 4 heterocycles. The first kappa shape index (κ1) is 24.3. The molecule has 186 valence electrons. The summed E-state index contributed by atoms with van der Waals surface area (Å²) in [6.07, 6.45) is 4.35. The van der Waals surface area contributed by atoms with Crippen molar-refractivity contribution in [3.8, 4) is 5.75 Å². The third kappa shape index (κ3) is 5.38. The van der Waals surface area contributed by atoms with Crippen molar-refractivity contribution in [2.45, 2.75) is 26.5 Å². The van der Waals surface area contributed by atoms with Crippen LogP contribution < -0.4 is 4.74 Å². The standard InChI is InChI=1S/C26H26ClFN6O2/c1-16-13-29-14-22(27)25(16)17(2)36-20-5-6-24-21(12-20)26(33-32-24)23(28)11-18-3-4-19(31-30-18)15-34-7-9-35-10-8-34/h3-6,11-14,17H,7-10,15H2,1-2H3,(H,32,33)/b23-11-. The van der Waals surface area contributed by atoms with Crippen molar-refractivity contribution in [1.82, 2.24) is 30.3 Å². The van der Waals surface area contributed by atoms with Gasteiger partial charge in [0.15, 0.2) is 5.83 Å². The van der Waals surface area contributed by atoms with Crippen molar-refractivity contribution in [2.24, 2.45) is 0 Å². The average Bonchev–Trinajstić information content (AvgIpc) is 3.29. The molecule has 1 aromatic carbocycles. The van der Waals surface area contributed by atoms with Gasteiger partial charge in [0.25, 0.3) is 0 Å². The Kier molecular flexibility index (Phi) is 7.22. The van der Waals surface area contributed by atoms with Gasteiger partial charge >= 0.3 is 0 Å². The Morgan fingerprint density at radius 1 is 1.22 bits per heavy atom. The van der Waals surface area contributed by atoms with Gasteiger partial charge in [-0.25, -0.2) is 4.39 Å². The minimum Gasteiger partial charge on any atom is -0.486 e. The lowest BCUT2D eigenvalue weighted by molar-refractivity contribution is 0.0335. The Morgan fingerprint density at radius 3 is 2.81 bits per heavy atom. The molecule has 3 aromatic heterocycles. The van der Waals surface area contributed by atoms with Crippen molar-refractivity contribution in [3.63, 3.8) is 0 Å². The number of aromatic amines is 1. The minimum atomic E-state index is -0.519. The van der Waals surface area contributed by atoms with Crippen LogP contribution in [0.1, 0.15) is 41.2 Å². The summed E-state index contributed by atoms with van der Waals surface area (Å²) in [5.74, 6) is 0.0553. The summed E-state index contributed by atoms with van der Waals surface area (Å²) < 4.78 is 26.8. The van der Waals surface area contributed by atoms with E-state index in [0.717, 1.165) is 43.1 Å². The van der Waals surface area contributed by atoms with E-state index in [1.165, 1.54) is 6.08 Å². The Balaban J connectivity index is 1.34. The maximum absolute atomic E-state index is 15.2. The molecule has 0 aliphatic carbocycles. The molecule has 1 aliphatic rings. The number of hydrogen-bond donors (Lipinski definition) is 1. The fourth-order valence-corrected chi connectivity index (χ4v) is 4.65. The smallest absolute Gasteiger partial charge is 0.153 e. The highest BCUT2D eigenvalue weighted by Gasteiger charge is 2.17. The number of pyridine rings is 1.